The molecule has 1 amide bonds. The van der Waals surface area contributed by atoms with E-state index in [0.717, 1.165) is 23.9 Å². The van der Waals surface area contributed by atoms with Gasteiger partial charge in [0.25, 0.3) is 0 Å². The number of hydrogen-bond acceptors (Lipinski definition) is 2. The molecule has 3 rings (SSSR count). The van der Waals surface area contributed by atoms with E-state index in [1.807, 2.05) is 18.2 Å². The minimum atomic E-state index is -4.58. The number of amides is 1. The molecule has 0 bridgehead atoms. The van der Waals surface area contributed by atoms with Gasteiger partial charge in [-0.3, -0.25) is 9.48 Å². The van der Waals surface area contributed by atoms with E-state index in [1.165, 1.54) is 25.0 Å². The smallest absolute Gasteiger partial charge is 0.324 e. The van der Waals surface area contributed by atoms with Crippen LogP contribution in [0.2, 0.25) is 0 Å². The molecule has 0 spiro atoms. The Hall–Kier alpha value is -1.83. The number of nitrogens with zero attached hydrogens (tertiary/aromatic N) is 2. The van der Waals surface area contributed by atoms with Crippen molar-refractivity contribution in [3.05, 3.63) is 45.2 Å². The number of halogens is 4. The van der Waals surface area contributed by atoms with Crippen molar-refractivity contribution in [3.8, 4) is 0 Å². The van der Waals surface area contributed by atoms with Crippen LogP contribution in [-0.4, -0.2) is 15.7 Å². The van der Waals surface area contributed by atoms with Crippen molar-refractivity contribution < 1.29 is 18.0 Å². The second-order valence-corrected chi connectivity index (χ2v) is 6.99. The van der Waals surface area contributed by atoms with Gasteiger partial charge >= 0.3 is 6.18 Å². The number of rotatable bonds is 3. The summed E-state index contributed by atoms with van der Waals surface area (Å²) in [4.78, 5) is 12.5. The lowest BCUT2D eigenvalue weighted by Crippen LogP contribution is -2.25. The van der Waals surface area contributed by atoms with Crippen molar-refractivity contribution >= 4 is 27.5 Å². The van der Waals surface area contributed by atoms with Gasteiger partial charge in [-0.1, -0.05) is 6.07 Å². The molecule has 8 heteroatoms. The minimum Gasteiger partial charge on any atom is -0.324 e. The highest BCUT2D eigenvalue weighted by Crippen LogP contribution is 2.36. The predicted octanol–water partition coefficient (Wildman–Crippen LogP) is 4.66. The van der Waals surface area contributed by atoms with Crippen molar-refractivity contribution in [1.29, 1.82) is 0 Å². The Labute approximate surface area is 151 Å². The molecule has 1 N–H and O–H groups in total. The van der Waals surface area contributed by atoms with Crippen molar-refractivity contribution in [2.24, 2.45) is 0 Å². The molecule has 4 nitrogen and oxygen atoms in total. The maximum Gasteiger partial charge on any atom is 0.436 e. The number of aryl methyl sites for hydroxylation is 2. The summed E-state index contributed by atoms with van der Waals surface area (Å²) in [5.74, 6) is -0.412. The molecule has 0 saturated heterocycles. The molecule has 25 heavy (non-hydrogen) atoms. The normalized spacial score (nSPS) is 15.1. The molecule has 0 fully saturated rings. The fourth-order valence-corrected chi connectivity index (χ4v) is 3.55. The first-order valence-corrected chi connectivity index (χ1v) is 8.72. The van der Waals surface area contributed by atoms with E-state index in [1.54, 1.807) is 0 Å². The molecule has 1 aliphatic rings. The lowest BCUT2D eigenvalue weighted by atomic mass is 10.1. The van der Waals surface area contributed by atoms with Crippen LogP contribution in [0.5, 0.6) is 0 Å². The van der Waals surface area contributed by atoms with Crippen LogP contribution in [0.15, 0.2) is 22.7 Å². The summed E-state index contributed by atoms with van der Waals surface area (Å²) in [6.45, 7) is 3.01. The van der Waals surface area contributed by atoms with Crippen LogP contribution in [0.25, 0.3) is 0 Å². The van der Waals surface area contributed by atoms with Gasteiger partial charge in [0.15, 0.2) is 5.69 Å². The molecular formula is C17H17BrF3N3O. The SMILES string of the molecule is Cc1c(Br)c(C(F)(F)F)nn1C(C)C(=O)Nc1ccc2c(c1)CCC2. The number of anilines is 1. The predicted molar refractivity (Wildman–Crippen MR) is 91.5 cm³/mol. The number of carbonyl (C=O) groups is 1. The number of fused-ring (bicyclic) bond motifs is 1. The summed E-state index contributed by atoms with van der Waals surface area (Å²) < 4.78 is 39.9. The monoisotopic (exact) mass is 415 g/mol. The molecule has 1 heterocycles. The number of aromatic nitrogens is 2. The first-order chi connectivity index (χ1) is 11.7. The maximum absolute atomic E-state index is 13.0. The molecule has 1 aromatic heterocycles. The zero-order chi connectivity index (χ0) is 18.4. The van der Waals surface area contributed by atoms with Gasteiger partial charge in [-0.15, -0.1) is 0 Å². The third kappa shape index (κ3) is 3.44. The summed E-state index contributed by atoms with van der Waals surface area (Å²) >= 11 is 2.92. The van der Waals surface area contributed by atoms with E-state index in [0.29, 0.717) is 5.69 Å². The molecule has 0 aliphatic heterocycles. The van der Waals surface area contributed by atoms with Crippen molar-refractivity contribution in [2.75, 3.05) is 5.32 Å². The molecule has 1 atom stereocenters. The standard InChI is InChI=1S/C17H17BrF3N3O/c1-9-14(18)15(17(19,20)21)23-24(9)10(2)16(25)22-13-7-6-11-4-3-5-12(11)8-13/h6-8,10H,3-5H2,1-2H3,(H,22,25). The van der Waals surface area contributed by atoms with Gasteiger partial charge in [0.2, 0.25) is 5.91 Å². The van der Waals surface area contributed by atoms with Gasteiger partial charge in [-0.25, -0.2) is 0 Å². The summed E-state index contributed by atoms with van der Waals surface area (Å²) in [5.41, 5.74) is 2.37. The Morgan fingerprint density at radius 1 is 1.32 bits per heavy atom. The second kappa shape index (κ2) is 6.48. The Kier molecular flexibility index (Phi) is 4.66. The van der Waals surface area contributed by atoms with Crippen LogP contribution >= 0.6 is 15.9 Å². The summed E-state index contributed by atoms with van der Waals surface area (Å²) in [6, 6.07) is 4.86. The van der Waals surface area contributed by atoms with Crippen molar-refractivity contribution in [2.45, 2.75) is 45.3 Å². The zero-order valence-electron chi connectivity index (χ0n) is 13.7. The van der Waals surface area contributed by atoms with Gasteiger partial charge in [0.05, 0.1) is 10.2 Å². The van der Waals surface area contributed by atoms with E-state index in [2.05, 4.69) is 26.3 Å². The number of hydrogen-bond donors (Lipinski definition) is 1. The fraction of sp³-hybridized carbons (Fsp3) is 0.412. The third-order valence-electron chi connectivity index (χ3n) is 4.46. The molecule has 2 aromatic rings. The average Bonchev–Trinajstić information content (AvgIpc) is 3.11. The summed E-state index contributed by atoms with van der Waals surface area (Å²) in [7, 11) is 0. The Morgan fingerprint density at radius 2 is 2.00 bits per heavy atom. The van der Waals surface area contributed by atoms with Gasteiger partial charge in [-0.2, -0.15) is 18.3 Å². The zero-order valence-corrected chi connectivity index (χ0v) is 15.3. The van der Waals surface area contributed by atoms with E-state index < -0.39 is 23.8 Å². The third-order valence-corrected chi connectivity index (χ3v) is 5.41. The molecule has 0 radical (unpaired) electrons. The Bertz CT molecular complexity index is 829. The fourth-order valence-electron chi connectivity index (χ4n) is 3.06. The topological polar surface area (TPSA) is 46.9 Å². The highest BCUT2D eigenvalue weighted by molar-refractivity contribution is 9.10. The molecule has 0 saturated carbocycles. The van der Waals surface area contributed by atoms with E-state index in [4.69, 9.17) is 0 Å². The van der Waals surface area contributed by atoms with Gasteiger partial charge in [0.1, 0.15) is 6.04 Å². The van der Waals surface area contributed by atoms with Crippen LogP contribution in [0.3, 0.4) is 0 Å². The Balaban J connectivity index is 1.81. The van der Waals surface area contributed by atoms with Gasteiger partial charge in [-0.05, 0) is 72.3 Å². The van der Waals surface area contributed by atoms with E-state index in [-0.39, 0.29) is 10.2 Å². The number of carbonyl (C=O) groups excluding carboxylic acids is 1. The molecule has 1 unspecified atom stereocenters. The lowest BCUT2D eigenvalue weighted by Gasteiger charge is -2.15. The molecule has 1 aliphatic carbocycles. The van der Waals surface area contributed by atoms with E-state index >= 15 is 0 Å². The van der Waals surface area contributed by atoms with E-state index in [9.17, 15) is 18.0 Å². The number of nitrogens with one attached hydrogen (secondary N) is 1. The summed E-state index contributed by atoms with van der Waals surface area (Å²) in [5, 5.41) is 6.35. The number of alkyl halides is 3. The van der Waals surface area contributed by atoms with Crippen molar-refractivity contribution in [1.82, 2.24) is 9.78 Å². The first kappa shape index (κ1) is 18.0. The lowest BCUT2D eigenvalue weighted by molar-refractivity contribution is -0.142. The van der Waals surface area contributed by atoms with Crippen LogP contribution in [-0.2, 0) is 23.8 Å². The van der Waals surface area contributed by atoms with Gasteiger partial charge < -0.3 is 5.32 Å². The molecule has 1 aromatic carbocycles. The van der Waals surface area contributed by atoms with Crippen molar-refractivity contribution in [3.63, 3.8) is 0 Å². The maximum atomic E-state index is 13.0. The highest BCUT2D eigenvalue weighted by Gasteiger charge is 2.39. The summed E-state index contributed by atoms with van der Waals surface area (Å²) in [6.07, 6.45) is -1.45. The van der Waals surface area contributed by atoms with Crippen LogP contribution in [0.1, 0.15) is 41.9 Å². The number of benzene rings is 1. The highest BCUT2D eigenvalue weighted by atomic mass is 79.9. The largest absolute Gasteiger partial charge is 0.436 e. The van der Waals surface area contributed by atoms with Crippen LogP contribution < -0.4 is 5.32 Å². The van der Waals surface area contributed by atoms with Crippen LogP contribution in [0.4, 0.5) is 18.9 Å². The molecular weight excluding hydrogens is 399 g/mol. The van der Waals surface area contributed by atoms with Gasteiger partial charge in [0, 0.05) is 5.69 Å². The first-order valence-electron chi connectivity index (χ1n) is 7.93. The van der Waals surface area contributed by atoms with Crippen LogP contribution in [0, 0.1) is 6.92 Å². The average molecular weight is 416 g/mol. The Morgan fingerprint density at radius 3 is 2.64 bits per heavy atom. The molecule has 134 valence electrons. The second-order valence-electron chi connectivity index (χ2n) is 6.19. The quantitative estimate of drug-likeness (QED) is 0.791. The minimum absolute atomic E-state index is 0.141.